The Kier molecular flexibility index (Phi) is 5.18. The highest BCUT2D eigenvalue weighted by Crippen LogP contribution is 2.27. The molecule has 0 saturated carbocycles. The van der Waals surface area contributed by atoms with Crippen LogP contribution in [0.15, 0.2) is 23.4 Å². The van der Waals surface area contributed by atoms with E-state index < -0.39 is 16.1 Å². The fourth-order valence-corrected chi connectivity index (χ4v) is 4.11. The van der Waals surface area contributed by atoms with Crippen molar-refractivity contribution < 1.29 is 13.5 Å². The molecular weight excluding hydrogens is 290 g/mol. The van der Waals surface area contributed by atoms with Crippen LogP contribution in [-0.2, 0) is 10.0 Å². The molecule has 1 fully saturated rings. The summed E-state index contributed by atoms with van der Waals surface area (Å²) in [5.74, 6) is -0.0581. The van der Waals surface area contributed by atoms with Crippen molar-refractivity contribution in [3.8, 4) is 0 Å². The predicted molar refractivity (Wildman–Crippen MR) is 81.6 cm³/mol. The molecule has 2 atom stereocenters. The van der Waals surface area contributed by atoms with Crippen LogP contribution in [0.5, 0.6) is 0 Å². The maximum absolute atomic E-state index is 12.8. The summed E-state index contributed by atoms with van der Waals surface area (Å²) in [4.78, 5) is 4.16. The quantitative estimate of drug-likeness (QED) is 0.856. The van der Waals surface area contributed by atoms with E-state index in [-0.39, 0.29) is 10.8 Å². The molecule has 1 aromatic heterocycles. The van der Waals surface area contributed by atoms with Gasteiger partial charge in [-0.25, -0.2) is 8.42 Å². The lowest BCUT2D eigenvalue weighted by atomic mass is 9.99. The summed E-state index contributed by atoms with van der Waals surface area (Å²) in [5.41, 5.74) is 0.589. The van der Waals surface area contributed by atoms with Gasteiger partial charge in [0.05, 0.1) is 11.8 Å². The third kappa shape index (κ3) is 3.53. The number of piperidine rings is 1. The minimum Gasteiger partial charge on any atom is -0.393 e. The number of hydrogen-bond acceptors (Lipinski definition) is 5. The first-order chi connectivity index (χ1) is 9.96. The zero-order chi connectivity index (χ0) is 15.5. The van der Waals surface area contributed by atoms with E-state index in [0.717, 1.165) is 6.42 Å². The van der Waals surface area contributed by atoms with Gasteiger partial charge >= 0.3 is 0 Å². The van der Waals surface area contributed by atoms with Crippen LogP contribution in [0.1, 0.15) is 26.7 Å². The Morgan fingerprint density at radius 1 is 1.52 bits per heavy atom. The zero-order valence-corrected chi connectivity index (χ0v) is 13.3. The monoisotopic (exact) mass is 313 g/mol. The highest BCUT2D eigenvalue weighted by atomic mass is 32.2. The molecule has 0 spiro atoms. The summed E-state index contributed by atoms with van der Waals surface area (Å²) in [5, 5.41) is 12.9. The third-order valence-corrected chi connectivity index (χ3v) is 5.68. The molecule has 21 heavy (non-hydrogen) atoms. The lowest BCUT2D eigenvalue weighted by Crippen LogP contribution is -2.45. The molecule has 2 heterocycles. The van der Waals surface area contributed by atoms with Gasteiger partial charge in [0.25, 0.3) is 0 Å². The molecule has 0 aromatic carbocycles. The Labute approximate surface area is 126 Å². The van der Waals surface area contributed by atoms with Crippen LogP contribution in [0.3, 0.4) is 0 Å². The number of pyridine rings is 1. The second-order valence-electron chi connectivity index (χ2n) is 5.49. The van der Waals surface area contributed by atoms with E-state index in [1.165, 1.54) is 10.5 Å². The third-order valence-electron chi connectivity index (χ3n) is 3.79. The molecule has 1 saturated heterocycles. The number of sulfonamides is 1. The average molecular weight is 313 g/mol. The smallest absolute Gasteiger partial charge is 0.246 e. The van der Waals surface area contributed by atoms with Crippen LogP contribution in [0, 0.1) is 5.92 Å². The Bertz CT molecular complexity index is 577. The zero-order valence-electron chi connectivity index (χ0n) is 12.5. The Morgan fingerprint density at radius 2 is 2.29 bits per heavy atom. The topological polar surface area (TPSA) is 82.5 Å². The first-order valence-electron chi connectivity index (χ1n) is 7.33. The molecule has 0 aliphatic carbocycles. The summed E-state index contributed by atoms with van der Waals surface area (Å²) < 4.78 is 27.0. The molecule has 1 aromatic rings. The van der Waals surface area contributed by atoms with Crippen molar-refractivity contribution in [2.24, 2.45) is 5.92 Å². The molecule has 0 bridgehead atoms. The van der Waals surface area contributed by atoms with E-state index in [9.17, 15) is 13.5 Å². The molecule has 2 unspecified atom stereocenters. The molecule has 118 valence electrons. The van der Waals surface area contributed by atoms with Gasteiger partial charge < -0.3 is 10.4 Å². The molecule has 0 amide bonds. The average Bonchev–Trinajstić information content (AvgIpc) is 2.48. The van der Waals surface area contributed by atoms with Crippen molar-refractivity contribution in [1.29, 1.82) is 0 Å². The Hall–Kier alpha value is -1.18. The van der Waals surface area contributed by atoms with Crippen LogP contribution >= 0.6 is 0 Å². The summed E-state index contributed by atoms with van der Waals surface area (Å²) >= 11 is 0. The van der Waals surface area contributed by atoms with Gasteiger partial charge in [0.15, 0.2) is 0 Å². The van der Waals surface area contributed by atoms with Crippen LogP contribution < -0.4 is 5.32 Å². The Morgan fingerprint density at radius 3 is 2.95 bits per heavy atom. The lowest BCUT2D eigenvalue weighted by Gasteiger charge is -2.33. The number of rotatable bonds is 5. The van der Waals surface area contributed by atoms with Gasteiger partial charge in [0, 0.05) is 32.0 Å². The largest absolute Gasteiger partial charge is 0.393 e. The highest BCUT2D eigenvalue weighted by Gasteiger charge is 2.34. The normalized spacial score (nSPS) is 24.0. The van der Waals surface area contributed by atoms with Gasteiger partial charge in [0.2, 0.25) is 10.0 Å². The van der Waals surface area contributed by atoms with Crippen molar-refractivity contribution in [3.05, 3.63) is 18.5 Å². The fourth-order valence-electron chi connectivity index (χ4n) is 2.44. The second kappa shape index (κ2) is 6.72. The number of nitrogens with one attached hydrogen (secondary N) is 1. The van der Waals surface area contributed by atoms with Gasteiger partial charge in [-0.3, -0.25) is 4.98 Å². The van der Waals surface area contributed by atoms with E-state index >= 15 is 0 Å². The van der Waals surface area contributed by atoms with Crippen molar-refractivity contribution in [3.63, 3.8) is 0 Å². The lowest BCUT2D eigenvalue weighted by molar-refractivity contribution is 0.0629. The van der Waals surface area contributed by atoms with Gasteiger partial charge in [-0.15, -0.1) is 0 Å². The molecule has 1 aliphatic heterocycles. The van der Waals surface area contributed by atoms with Crippen LogP contribution in [-0.4, -0.2) is 48.6 Å². The van der Waals surface area contributed by atoms with Gasteiger partial charge in [-0.05, 0) is 24.8 Å². The van der Waals surface area contributed by atoms with Crippen molar-refractivity contribution in [2.75, 3.05) is 25.0 Å². The minimum atomic E-state index is -3.58. The number of nitrogens with zero attached hydrogens (tertiary/aromatic N) is 2. The van der Waals surface area contributed by atoms with E-state index in [2.05, 4.69) is 10.3 Å². The second-order valence-corrected chi connectivity index (χ2v) is 7.40. The van der Waals surface area contributed by atoms with Crippen LogP contribution in [0.2, 0.25) is 0 Å². The van der Waals surface area contributed by atoms with E-state index in [1.54, 1.807) is 12.3 Å². The fraction of sp³-hybridized carbons (Fsp3) is 0.643. The standard InChI is InChI=1S/C14H23N3O3S/c1-3-6-16-12-4-7-15-9-14(12)21(19,20)17-8-5-13(18)11(2)10-17/h4,7,9,11,13,18H,3,5-6,8,10H2,1-2H3,(H,15,16). The molecule has 0 radical (unpaired) electrons. The molecule has 7 heteroatoms. The van der Waals surface area contributed by atoms with Crippen molar-refractivity contribution >= 4 is 15.7 Å². The SMILES string of the molecule is CCCNc1ccncc1S(=O)(=O)N1CCC(O)C(C)C1. The number of aliphatic hydroxyl groups is 1. The summed E-state index contributed by atoms with van der Waals surface area (Å²) in [6.07, 6.45) is 3.93. The van der Waals surface area contributed by atoms with E-state index in [0.29, 0.717) is 31.7 Å². The first kappa shape index (κ1) is 16.2. The molecule has 2 N–H and O–H groups in total. The minimum absolute atomic E-state index is 0.0581. The number of aliphatic hydroxyl groups excluding tert-OH is 1. The van der Waals surface area contributed by atoms with E-state index in [1.807, 2.05) is 13.8 Å². The highest BCUT2D eigenvalue weighted by molar-refractivity contribution is 7.89. The summed E-state index contributed by atoms with van der Waals surface area (Å²) in [6.45, 7) is 5.28. The molecule has 1 aliphatic rings. The Balaban J connectivity index is 2.27. The maximum atomic E-state index is 12.8. The van der Waals surface area contributed by atoms with E-state index in [4.69, 9.17) is 0 Å². The summed E-state index contributed by atoms with van der Waals surface area (Å²) in [7, 11) is -3.58. The number of hydrogen-bond donors (Lipinski definition) is 2. The van der Waals surface area contributed by atoms with Crippen molar-refractivity contribution in [2.45, 2.75) is 37.7 Å². The van der Waals surface area contributed by atoms with Crippen molar-refractivity contribution in [1.82, 2.24) is 9.29 Å². The number of anilines is 1. The molecule has 6 nitrogen and oxygen atoms in total. The van der Waals surface area contributed by atoms with Gasteiger partial charge in [-0.2, -0.15) is 4.31 Å². The number of aromatic nitrogens is 1. The maximum Gasteiger partial charge on any atom is 0.246 e. The first-order valence-corrected chi connectivity index (χ1v) is 8.77. The van der Waals surface area contributed by atoms with Crippen LogP contribution in [0.4, 0.5) is 5.69 Å². The molecular formula is C14H23N3O3S. The van der Waals surface area contributed by atoms with Gasteiger partial charge in [0.1, 0.15) is 4.90 Å². The predicted octanol–water partition coefficient (Wildman–Crippen LogP) is 1.29. The van der Waals surface area contributed by atoms with Crippen LogP contribution in [0.25, 0.3) is 0 Å². The molecule has 2 rings (SSSR count). The summed E-state index contributed by atoms with van der Waals surface area (Å²) in [6, 6.07) is 1.69. The van der Waals surface area contributed by atoms with Gasteiger partial charge in [-0.1, -0.05) is 13.8 Å².